The van der Waals surface area contributed by atoms with E-state index < -0.39 is 81.8 Å². The van der Waals surface area contributed by atoms with Crippen LogP contribution >= 0.6 is 0 Å². The quantitative estimate of drug-likeness (QED) is 0.0474. The zero-order valence-electron chi connectivity index (χ0n) is 32.6. The molecule has 0 unspecified atom stereocenters. The maximum atomic E-state index is 13.7. The van der Waals surface area contributed by atoms with Gasteiger partial charge in [-0.1, -0.05) is 73.8 Å². The number of hydroxylamine groups is 1. The van der Waals surface area contributed by atoms with Crippen LogP contribution in [0.5, 0.6) is 11.5 Å². The number of alkyl halides is 2. The molecule has 324 valence electrons. The van der Waals surface area contributed by atoms with Gasteiger partial charge in [0.2, 0.25) is 26.0 Å². The molecule has 4 aromatic carbocycles. The Labute approximate surface area is 347 Å². The van der Waals surface area contributed by atoms with Crippen molar-refractivity contribution in [2.24, 2.45) is 0 Å². The summed E-state index contributed by atoms with van der Waals surface area (Å²) in [6, 6.07) is 24.7. The Bertz CT molecular complexity index is 2060. The molecule has 0 bridgehead atoms. The molecule has 19 heteroatoms. The molecular weight excluding hydrogens is 833 g/mol. The largest absolute Gasteiger partial charge is 0.491 e. The van der Waals surface area contributed by atoms with Crippen molar-refractivity contribution in [2.45, 2.75) is 47.8 Å². The number of carbonyl (C=O) groups is 2. The van der Waals surface area contributed by atoms with E-state index in [1.54, 1.807) is 60.7 Å². The zero-order valence-corrected chi connectivity index (χ0v) is 34.2. The Hall–Kier alpha value is -5.60. The summed E-state index contributed by atoms with van der Waals surface area (Å²) in [6.07, 6.45) is -1.13. The van der Waals surface area contributed by atoms with Gasteiger partial charge in [0, 0.05) is 33.0 Å². The van der Waals surface area contributed by atoms with E-state index in [-0.39, 0.29) is 41.8 Å². The lowest BCUT2D eigenvalue weighted by Gasteiger charge is -2.29. The molecule has 0 saturated carbocycles. The van der Waals surface area contributed by atoms with Gasteiger partial charge in [-0.2, -0.15) is 8.61 Å². The van der Waals surface area contributed by atoms with Gasteiger partial charge in [0.1, 0.15) is 50.1 Å². The van der Waals surface area contributed by atoms with E-state index in [4.69, 9.17) is 14.7 Å². The molecule has 0 aliphatic rings. The summed E-state index contributed by atoms with van der Waals surface area (Å²) in [7, 11) is -7.17. The minimum Gasteiger partial charge on any atom is -0.491 e. The molecule has 4 aromatic rings. The number of likely N-dealkylation sites (N-methyl/N-ethyl adjacent to an activating group) is 1. The number of sulfonamides is 2. The first-order chi connectivity index (χ1) is 28.6. The molecule has 0 aliphatic heterocycles. The number of nitrogens with zero attached hydrogens (tertiary/aromatic N) is 2. The highest BCUT2D eigenvalue weighted by Crippen LogP contribution is 2.28. The van der Waals surface area contributed by atoms with E-state index in [0.29, 0.717) is 16.9 Å². The molecule has 0 aromatic heterocycles. The van der Waals surface area contributed by atoms with Crippen molar-refractivity contribution in [1.82, 2.24) is 19.4 Å². The number of carbonyl (C=O) groups excluding carboxylic acids is 2. The molecule has 3 N–H and O–H groups in total. The predicted molar refractivity (Wildman–Crippen MR) is 215 cm³/mol. The highest BCUT2D eigenvalue weighted by Gasteiger charge is 2.38. The van der Waals surface area contributed by atoms with Crippen LogP contribution in [0.4, 0.5) is 17.6 Å². The van der Waals surface area contributed by atoms with E-state index in [1.807, 2.05) is 0 Å². The molecule has 4 rings (SSSR count). The van der Waals surface area contributed by atoms with Crippen LogP contribution in [0.1, 0.15) is 24.0 Å². The fourth-order valence-corrected chi connectivity index (χ4v) is 8.71. The second-order valence-corrected chi connectivity index (χ2v) is 16.4. The number of rotatable bonds is 22. The van der Waals surface area contributed by atoms with Crippen molar-refractivity contribution >= 4 is 31.9 Å². The van der Waals surface area contributed by atoms with E-state index in [9.17, 15) is 44.0 Å². The van der Waals surface area contributed by atoms with Crippen molar-refractivity contribution in [3.8, 4) is 11.5 Å². The van der Waals surface area contributed by atoms with Crippen LogP contribution in [0.2, 0.25) is 0 Å². The van der Waals surface area contributed by atoms with Crippen molar-refractivity contribution < 1.29 is 58.7 Å². The van der Waals surface area contributed by atoms with Crippen LogP contribution in [-0.4, -0.2) is 88.2 Å². The van der Waals surface area contributed by atoms with Gasteiger partial charge in [0.05, 0.1) is 21.4 Å². The first-order valence-electron chi connectivity index (χ1n) is 18.1. The Morgan fingerprint density at radius 2 is 0.983 bits per heavy atom. The summed E-state index contributed by atoms with van der Waals surface area (Å²) in [5, 5.41) is 11.5. The lowest BCUT2D eigenvalue weighted by Crippen LogP contribution is -2.48. The first kappa shape index (κ1) is 48.8. The second-order valence-electron chi connectivity index (χ2n) is 12.7. The van der Waals surface area contributed by atoms with Gasteiger partial charge in [-0.15, -0.1) is 0 Å². The number of hydrogen-bond acceptors (Lipinski definition) is 9. The monoisotopic (exact) mass is 878 g/mol. The van der Waals surface area contributed by atoms with Gasteiger partial charge in [-0.25, -0.2) is 39.9 Å². The van der Waals surface area contributed by atoms with Crippen LogP contribution in [0.3, 0.4) is 0 Å². The fourth-order valence-electron chi connectivity index (χ4n) is 5.56. The minimum absolute atomic E-state index is 0.107. The Kier molecular flexibility index (Phi) is 19.4. The Balaban J connectivity index is 0.000000320. The lowest BCUT2D eigenvalue weighted by molar-refractivity contribution is -0.133. The predicted octanol–water partition coefficient (Wildman–Crippen LogP) is 6.19. The summed E-state index contributed by atoms with van der Waals surface area (Å²) < 4.78 is 117. The Morgan fingerprint density at radius 1 is 0.633 bits per heavy atom. The molecule has 0 saturated heterocycles. The molecule has 0 heterocycles. The van der Waals surface area contributed by atoms with Gasteiger partial charge in [-0.05, 0) is 59.7 Å². The van der Waals surface area contributed by atoms with Crippen molar-refractivity contribution in [3.05, 3.63) is 145 Å². The van der Waals surface area contributed by atoms with Gasteiger partial charge in [0.15, 0.2) is 0 Å². The summed E-state index contributed by atoms with van der Waals surface area (Å²) in [6.45, 7) is 4.18. The lowest BCUT2D eigenvalue weighted by atomic mass is 10.1. The summed E-state index contributed by atoms with van der Waals surface area (Å²) >= 11 is 0. The third kappa shape index (κ3) is 14.3. The van der Waals surface area contributed by atoms with Crippen LogP contribution in [0.25, 0.3) is 0 Å². The number of amides is 2. The number of halogens is 4. The Morgan fingerprint density at radius 3 is 1.28 bits per heavy atom. The highest BCUT2D eigenvalue weighted by molar-refractivity contribution is 7.89. The van der Waals surface area contributed by atoms with Gasteiger partial charge in [-0.3, -0.25) is 14.8 Å². The minimum atomic E-state index is -4.31. The topological polar surface area (TPSA) is 172 Å². The summed E-state index contributed by atoms with van der Waals surface area (Å²) in [5.41, 5.74) is 2.56. The van der Waals surface area contributed by atoms with E-state index in [1.165, 1.54) is 61.1 Å². The molecule has 0 fully saturated rings. The van der Waals surface area contributed by atoms with Crippen LogP contribution < -0.4 is 20.3 Å². The SMILES string of the molecule is C=C(F)C[C@@H](C(=O)NC)N(Cc1ccccc1)S(=O)(=O)c1ccc(OCCF)cc1.C=C(F)C[C@H](C(=O)NO)N(Cc1ccccc1)S(=O)(=O)c1ccc(OCCF)cc1. The van der Waals surface area contributed by atoms with Crippen molar-refractivity contribution in [1.29, 1.82) is 0 Å². The number of benzene rings is 4. The number of hydrogen-bond donors (Lipinski definition) is 3. The summed E-state index contributed by atoms with van der Waals surface area (Å²) in [5.74, 6) is -2.92. The molecule has 13 nitrogen and oxygen atoms in total. The smallest absolute Gasteiger partial charge is 0.262 e. The number of ether oxygens (including phenoxy) is 2. The molecule has 2 atom stereocenters. The second kappa shape index (κ2) is 23.9. The van der Waals surface area contributed by atoms with Crippen LogP contribution in [0, 0.1) is 0 Å². The average Bonchev–Trinajstić information content (AvgIpc) is 3.25. The van der Waals surface area contributed by atoms with E-state index in [0.717, 1.165) is 8.61 Å². The summed E-state index contributed by atoms with van der Waals surface area (Å²) in [4.78, 5) is 24.4. The van der Waals surface area contributed by atoms with Gasteiger partial charge in [0.25, 0.3) is 5.91 Å². The van der Waals surface area contributed by atoms with Gasteiger partial charge >= 0.3 is 0 Å². The first-order valence-corrected chi connectivity index (χ1v) is 21.0. The fraction of sp³-hybridized carbons (Fsp3) is 0.268. The van der Waals surface area contributed by atoms with Crippen LogP contribution in [0.15, 0.2) is 144 Å². The maximum Gasteiger partial charge on any atom is 0.262 e. The van der Waals surface area contributed by atoms with E-state index >= 15 is 0 Å². The third-order valence-electron chi connectivity index (χ3n) is 8.40. The molecular formula is C41H46F4N4O9S2. The van der Waals surface area contributed by atoms with E-state index in [2.05, 4.69) is 18.5 Å². The van der Waals surface area contributed by atoms with Crippen molar-refractivity contribution in [3.63, 3.8) is 0 Å². The molecule has 0 aliphatic carbocycles. The zero-order chi connectivity index (χ0) is 44.3. The third-order valence-corrected chi connectivity index (χ3v) is 12.1. The number of nitrogens with one attached hydrogen (secondary N) is 2. The normalized spacial score (nSPS) is 12.4. The molecule has 0 radical (unpaired) electrons. The molecule has 60 heavy (non-hydrogen) atoms. The van der Waals surface area contributed by atoms with Crippen LogP contribution in [-0.2, 0) is 42.7 Å². The maximum absolute atomic E-state index is 13.7. The molecule has 2 amide bonds. The standard InChI is InChI=1S/C21H24F2N2O4S.C20H22F2N2O5S/c1-16(23)14-20(21(26)24-2)25(15-17-6-4-3-5-7-17)30(27,28)19-10-8-18(9-11-19)29-13-12-22;1-15(22)13-19(20(25)23-26)24(14-16-5-3-2-4-6-16)30(27,28)18-9-7-17(8-10-18)29-12-11-21/h3-11,20H,1,12-15H2,2H3,(H,24,26);2-10,19,26H,1,11-14H2,(H,23,25)/t20-;19-/m01/s1. The highest BCUT2D eigenvalue weighted by atomic mass is 32.2. The molecule has 0 spiro atoms. The van der Waals surface area contributed by atoms with Crippen molar-refractivity contribution in [2.75, 3.05) is 33.6 Å². The van der Waals surface area contributed by atoms with Gasteiger partial charge < -0.3 is 14.8 Å². The average molecular weight is 879 g/mol.